The molecule has 0 amide bonds. The molecule has 0 aromatic carbocycles. The van der Waals surface area contributed by atoms with Crippen LogP contribution in [-0.4, -0.2) is 17.9 Å². The number of carbonyl (C=O) groups is 2. The van der Waals surface area contributed by atoms with E-state index in [1.54, 1.807) is 0 Å². The Balaban J connectivity index is 4.00. The lowest BCUT2D eigenvalue weighted by Gasteiger charge is -2.26. The van der Waals surface area contributed by atoms with Gasteiger partial charge in [-0.15, -0.1) is 0 Å². The van der Waals surface area contributed by atoms with Gasteiger partial charge >= 0.3 is 5.97 Å². The first-order valence-corrected chi connectivity index (χ1v) is 4.42. The third kappa shape index (κ3) is 5.39. The number of ether oxygens (including phenoxy) is 1. The normalized spacial score (nSPS) is 13.6. The molecule has 0 radical (unpaired) electrons. The molecular weight excluding hydrogens is 168 g/mol. The summed E-state index contributed by atoms with van der Waals surface area (Å²) in [5, 5.41) is 0. The second-order valence-electron chi connectivity index (χ2n) is 4.38. The fourth-order valence-corrected chi connectivity index (χ4v) is 0.619. The monoisotopic (exact) mass is 186 g/mol. The summed E-state index contributed by atoms with van der Waals surface area (Å²) in [6, 6.07) is 0. The van der Waals surface area contributed by atoms with Crippen LogP contribution < -0.4 is 0 Å². The number of rotatable bonds is 3. The van der Waals surface area contributed by atoms with Crippen LogP contribution in [0.1, 0.15) is 41.0 Å². The SMILES string of the molecule is CC(=O)CC(=O)OC(C)C(C)(C)C. The molecule has 0 heterocycles. The molecule has 76 valence electrons. The average Bonchev–Trinajstić information content (AvgIpc) is 1.82. The molecule has 0 fully saturated rings. The van der Waals surface area contributed by atoms with Crippen molar-refractivity contribution in [3.63, 3.8) is 0 Å². The zero-order valence-corrected chi connectivity index (χ0v) is 9.01. The molecule has 0 bridgehead atoms. The first-order valence-electron chi connectivity index (χ1n) is 4.42. The molecule has 0 saturated heterocycles. The van der Waals surface area contributed by atoms with Gasteiger partial charge in [0.25, 0.3) is 0 Å². The molecule has 0 rings (SSSR count). The van der Waals surface area contributed by atoms with E-state index < -0.39 is 5.97 Å². The Morgan fingerprint density at radius 2 is 1.77 bits per heavy atom. The third-order valence-corrected chi connectivity index (χ3v) is 1.92. The van der Waals surface area contributed by atoms with Gasteiger partial charge < -0.3 is 4.74 Å². The van der Waals surface area contributed by atoms with Crippen LogP contribution in [-0.2, 0) is 14.3 Å². The molecule has 0 N–H and O–H groups in total. The van der Waals surface area contributed by atoms with Gasteiger partial charge in [-0.1, -0.05) is 20.8 Å². The van der Waals surface area contributed by atoms with Crippen LogP contribution in [0.2, 0.25) is 0 Å². The number of ketones is 1. The average molecular weight is 186 g/mol. The summed E-state index contributed by atoms with van der Waals surface area (Å²) in [6.45, 7) is 9.16. The zero-order chi connectivity index (χ0) is 10.6. The molecule has 3 nitrogen and oxygen atoms in total. The van der Waals surface area contributed by atoms with E-state index in [0.717, 1.165) is 0 Å². The standard InChI is InChI=1S/C10H18O3/c1-7(11)6-9(12)13-8(2)10(3,4)5/h8H,6H2,1-5H3. The molecule has 0 spiro atoms. The van der Waals surface area contributed by atoms with Crippen molar-refractivity contribution in [1.82, 2.24) is 0 Å². The number of esters is 1. The van der Waals surface area contributed by atoms with Crippen LogP contribution in [0.5, 0.6) is 0 Å². The van der Waals surface area contributed by atoms with Crippen molar-refractivity contribution in [2.45, 2.75) is 47.1 Å². The quantitative estimate of drug-likeness (QED) is 0.499. The van der Waals surface area contributed by atoms with Crippen molar-refractivity contribution in [1.29, 1.82) is 0 Å². The molecule has 3 heteroatoms. The summed E-state index contributed by atoms with van der Waals surface area (Å²) in [6.07, 6.45) is -0.292. The molecular formula is C10H18O3. The van der Waals surface area contributed by atoms with Crippen LogP contribution in [0.15, 0.2) is 0 Å². The lowest BCUT2D eigenvalue weighted by atomic mass is 9.90. The van der Waals surface area contributed by atoms with Crippen molar-refractivity contribution < 1.29 is 14.3 Å². The zero-order valence-electron chi connectivity index (χ0n) is 9.01. The third-order valence-electron chi connectivity index (χ3n) is 1.92. The summed E-state index contributed by atoms with van der Waals surface area (Å²) in [4.78, 5) is 21.7. The van der Waals surface area contributed by atoms with Gasteiger partial charge in [0.05, 0.1) is 0 Å². The molecule has 0 aromatic rings. The number of Topliss-reactive ketones (excluding diaryl/α,β-unsaturated/α-hetero) is 1. The molecule has 0 aliphatic heterocycles. The van der Waals surface area contributed by atoms with Gasteiger partial charge in [0.1, 0.15) is 18.3 Å². The minimum absolute atomic E-state index is 0.0769. The molecule has 1 unspecified atom stereocenters. The van der Waals surface area contributed by atoms with Crippen molar-refractivity contribution >= 4 is 11.8 Å². The first kappa shape index (κ1) is 12.1. The van der Waals surface area contributed by atoms with E-state index in [1.165, 1.54) is 6.92 Å². The Labute approximate surface area is 79.5 Å². The highest BCUT2D eigenvalue weighted by Crippen LogP contribution is 2.21. The molecule has 0 aliphatic rings. The first-order chi connectivity index (χ1) is 5.73. The minimum atomic E-state index is -0.435. The topological polar surface area (TPSA) is 43.4 Å². The van der Waals surface area contributed by atoms with Gasteiger partial charge in [-0.3, -0.25) is 9.59 Å². The smallest absolute Gasteiger partial charge is 0.313 e. The highest BCUT2D eigenvalue weighted by atomic mass is 16.5. The molecule has 13 heavy (non-hydrogen) atoms. The highest BCUT2D eigenvalue weighted by Gasteiger charge is 2.23. The minimum Gasteiger partial charge on any atom is -0.462 e. The van der Waals surface area contributed by atoms with Gasteiger partial charge in [0, 0.05) is 0 Å². The van der Waals surface area contributed by atoms with E-state index in [1.807, 2.05) is 27.7 Å². The maximum Gasteiger partial charge on any atom is 0.313 e. The summed E-state index contributed by atoms with van der Waals surface area (Å²) >= 11 is 0. The van der Waals surface area contributed by atoms with Gasteiger partial charge in [-0.05, 0) is 19.3 Å². The summed E-state index contributed by atoms with van der Waals surface area (Å²) in [7, 11) is 0. The van der Waals surface area contributed by atoms with E-state index in [2.05, 4.69) is 0 Å². The Bertz CT molecular complexity index is 201. The van der Waals surface area contributed by atoms with E-state index in [4.69, 9.17) is 4.74 Å². The van der Waals surface area contributed by atoms with Crippen molar-refractivity contribution in [2.24, 2.45) is 5.41 Å². The van der Waals surface area contributed by atoms with Crippen LogP contribution >= 0.6 is 0 Å². The predicted octanol–water partition coefficient (Wildman–Crippen LogP) is 1.94. The lowest BCUT2D eigenvalue weighted by molar-refractivity contribution is -0.154. The Morgan fingerprint density at radius 3 is 2.08 bits per heavy atom. The number of hydrogen-bond donors (Lipinski definition) is 0. The van der Waals surface area contributed by atoms with Gasteiger partial charge in [0.15, 0.2) is 0 Å². The number of carbonyl (C=O) groups excluding carboxylic acids is 2. The van der Waals surface area contributed by atoms with Crippen LogP contribution in [0.3, 0.4) is 0 Å². The molecule has 1 atom stereocenters. The largest absolute Gasteiger partial charge is 0.462 e. The van der Waals surface area contributed by atoms with Crippen molar-refractivity contribution in [3.05, 3.63) is 0 Å². The van der Waals surface area contributed by atoms with Crippen LogP contribution in [0, 0.1) is 5.41 Å². The fourth-order valence-electron chi connectivity index (χ4n) is 0.619. The van der Waals surface area contributed by atoms with E-state index in [-0.39, 0.29) is 23.7 Å². The maximum absolute atomic E-state index is 11.1. The molecule has 0 aromatic heterocycles. The Morgan fingerprint density at radius 1 is 1.31 bits per heavy atom. The Hall–Kier alpha value is -0.860. The lowest BCUT2D eigenvalue weighted by Crippen LogP contribution is -2.29. The Kier molecular flexibility index (Phi) is 4.11. The summed E-state index contributed by atoms with van der Waals surface area (Å²) < 4.78 is 5.07. The van der Waals surface area contributed by atoms with Crippen LogP contribution in [0.4, 0.5) is 0 Å². The molecule has 0 saturated carbocycles. The van der Waals surface area contributed by atoms with E-state index >= 15 is 0 Å². The van der Waals surface area contributed by atoms with Crippen molar-refractivity contribution in [2.75, 3.05) is 0 Å². The summed E-state index contributed by atoms with van der Waals surface area (Å²) in [5.41, 5.74) is -0.0769. The van der Waals surface area contributed by atoms with Crippen molar-refractivity contribution in [3.8, 4) is 0 Å². The second kappa shape index (κ2) is 4.40. The predicted molar refractivity (Wildman–Crippen MR) is 50.3 cm³/mol. The number of hydrogen-bond acceptors (Lipinski definition) is 3. The van der Waals surface area contributed by atoms with E-state index in [0.29, 0.717) is 0 Å². The summed E-state index contributed by atoms with van der Waals surface area (Å²) in [5.74, 6) is -0.596. The van der Waals surface area contributed by atoms with Crippen LogP contribution in [0.25, 0.3) is 0 Å². The van der Waals surface area contributed by atoms with E-state index in [9.17, 15) is 9.59 Å². The second-order valence-corrected chi connectivity index (χ2v) is 4.38. The molecule has 0 aliphatic carbocycles. The van der Waals surface area contributed by atoms with Gasteiger partial charge in [-0.25, -0.2) is 0 Å². The van der Waals surface area contributed by atoms with Gasteiger partial charge in [0.2, 0.25) is 0 Å². The van der Waals surface area contributed by atoms with Gasteiger partial charge in [-0.2, -0.15) is 0 Å². The maximum atomic E-state index is 11.1. The fraction of sp³-hybridized carbons (Fsp3) is 0.800. The highest BCUT2D eigenvalue weighted by molar-refractivity contribution is 5.94.